The summed E-state index contributed by atoms with van der Waals surface area (Å²) in [5, 5.41) is 10.7. The molecule has 0 heterocycles. The fraction of sp³-hybridized carbons (Fsp3) is 0.350. The first-order chi connectivity index (χ1) is 12.5. The number of carbonyl (C=O) groups excluding carboxylic acids is 1. The summed E-state index contributed by atoms with van der Waals surface area (Å²) in [6, 6.07) is 15.6. The largest absolute Gasteiger partial charge is 0.459 e. The van der Waals surface area contributed by atoms with Crippen molar-refractivity contribution in [1.82, 2.24) is 4.90 Å². The third-order valence-electron chi connectivity index (χ3n) is 4.08. The Bertz CT molecular complexity index is 714. The summed E-state index contributed by atoms with van der Waals surface area (Å²) in [6.45, 7) is 0.812. The minimum atomic E-state index is -0.491. The number of hydrogen-bond acceptors (Lipinski definition) is 5. The molecule has 6 heteroatoms. The lowest BCUT2D eigenvalue weighted by Crippen LogP contribution is -2.25. The average molecular weight is 356 g/mol. The lowest BCUT2D eigenvalue weighted by atomic mass is 10.0. The van der Waals surface area contributed by atoms with Crippen LogP contribution in [0.2, 0.25) is 0 Å². The second-order valence-corrected chi connectivity index (χ2v) is 6.45. The van der Waals surface area contributed by atoms with Gasteiger partial charge in [0.2, 0.25) is 0 Å². The molecule has 1 atom stereocenters. The molecule has 138 valence electrons. The van der Waals surface area contributed by atoms with Crippen LogP contribution in [0.4, 0.5) is 5.69 Å². The van der Waals surface area contributed by atoms with Crippen molar-refractivity contribution in [3.8, 4) is 0 Å². The van der Waals surface area contributed by atoms with Gasteiger partial charge in [0.1, 0.15) is 6.10 Å². The van der Waals surface area contributed by atoms with E-state index in [-0.39, 0.29) is 11.8 Å². The Labute approximate surface area is 153 Å². The SMILES string of the molecule is CN(C)CC[C@H](CCc1ccccc1)OC(=O)c1ccc([N+](=O)[O-])cc1. The van der Waals surface area contributed by atoms with Crippen molar-refractivity contribution in [2.45, 2.75) is 25.4 Å². The van der Waals surface area contributed by atoms with Gasteiger partial charge in [0.05, 0.1) is 10.5 Å². The van der Waals surface area contributed by atoms with Crippen LogP contribution in [0.25, 0.3) is 0 Å². The lowest BCUT2D eigenvalue weighted by molar-refractivity contribution is -0.384. The van der Waals surface area contributed by atoms with Crippen LogP contribution < -0.4 is 0 Å². The molecule has 0 N–H and O–H groups in total. The molecule has 6 nitrogen and oxygen atoms in total. The molecule has 26 heavy (non-hydrogen) atoms. The summed E-state index contributed by atoms with van der Waals surface area (Å²) in [5.74, 6) is -0.447. The fourth-order valence-electron chi connectivity index (χ4n) is 2.58. The van der Waals surface area contributed by atoms with E-state index in [1.54, 1.807) is 0 Å². The number of nitro benzene ring substituents is 1. The van der Waals surface area contributed by atoms with Gasteiger partial charge in [0.25, 0.3) is 5.69 Å². The molecule has 0 aromatic heterocycles. The van der Waals surface area contributed by atoms with Crippen molar-refractivity contribution in [3.63, 3.8) is 0 Å². The van der Waals surface area contributed by atoms with Crippen molar-refractivity contribution < 1.29 is 14.5 Å². The molecule has 0 aliphatic carbocycles. The van der Waals surface area contributed by atoms with Gasteiger partial charge in [-0.1, -0.05) is 30.3 Å². The average Bonchev–Trinajstić information content (AvgIpc) is 2.64. The van der Waals surface area contributed by atoms with Gasteiger partial charge in [0.15, 0.2) is 0 Å². The summed E-state index contributed by atoms with van der Waals surface area (Å²) >= 11 is 0. The highest BCUT2D eigenvalue weighted by molar-refractivity contribution is 5.89. The van der Waals surface area contributed by atoms with Gasteiger partial charge in [-0.05, 0) is 51.1 Å². The van der Waals surface area contributed by atoms with E-state index in [9.17, 15) is 14.9 Å². The molecule has 0 aliphatic heterocycles. The smallest absolute Gasteiger partial charge is 0.338 e. The Balaban J connectivity index is 1.99. The van der Waals surface area contributed by atoms with Gasteiger partial charge in [-0.15, -0.1) is 0 Å². The predicted molar refractivity (Wildman–Crippen MR) is 100 cm³/mol. The highest BCUT2D eigenvalue weighted by Gasteiger charge is 2.17. The van der Waals surface area contributed by atoms with Crippen LogP contribution in [0.15, 0.2) is 54.6 Å². The van der Waals surface area contributed by atoms with Crippen molar-refractivity contribution in [1.29, 1.82) is 0 Å². The number of non-ortho nitro benzene ring substituents is 1. The number of benzene rings is 2. The minimum absolute atomic E-state index is 0.0465. The van der Waals surface area contributed by atoms with Crippen LogP contribution in [-0.4, -0.2) is 42.5 Å². The lowest BCUT2D eigenvalue weighted by Gasteiger charge is -2.20. The summed E-state index contributed by atoms with van der Waals surface area (Å²) in [4.78, 5) is 24.7. The van der Waals surface area contributed by atoms with E-state index in [1.165, 1.54) is 29.8 Å². The van der Waals surface area contributed by atoms with Crippen molar-refractivity contribution in [2.24, 2.45) is 0 Å². The number of aryl methyl sites for hydroxylation is 1. The number of carbonyl (C=O) groups is 1. The molecule has 0 unspecified atom stereocenters. The van der Waals surface area contributed by atoms with E-state index < -0.39 is 10.9 Å². The highest BCUT2D eigenvalue weighted by atomic mass is 16.6. The van der Waals surface area contributed by atoms with Crippen LogP contribution in [-0.2, 0) is 11.2 Å². The molecule has 2 aromatic carbocycles. The van der Waals surface area contributed by atoms with Crippen molar-refractivity contribution in [2.75, 3.05) is 20.6 Å². The first kappa shape index (κ1) is 19.6. The van der Waals surface area contributed by atoms with E-state index in [4.69, 9.17) is 4.74 Å². The maximum Gasteiger partial charge on any atom is 0.338 e. The fourth-order valence-corrected chi connectivity index (χ4v) is 2.58. The van der Waals surface area contributed by atoms with Crippen LogP contribution in [0.3, 0.4) is 0 Å². The molecular formula is C20H24N2O4. The first-order valence-corrected chi connectivity index (χ1v) is 8.60. The Kier molecular flexibility index (Phi) is 7.29. The Morgan fingerprint density at radius 3 is 2.31 bits per heavy atom. The maximum absolute atomic E-state index is 12.4. The van der Waals surface area contributed by atoms with Gasteiger partial charge < -0.3 is 9.64 Å². The highest BCUT2D eigenvalue weighted by Crippen LogP contribution is 2.16. The maximum atomic E-state index is 12.4. The zero-order valence-corrected chi connectivity index (χ0v) is 15.1. The second-order valence-electron chi connectivity index (χ2n) is 6.45. The van der Waals surface area contributed by atoms with E-state index >= 15 is 0 Å². The number of esters is 1. The van der Waals surface area contributed by atoms with Gasteiger partial charge >= 0.3 is 5.97 Å². The standard InChI is InChI=1S/C20H24N2O4/c1-21(2)15-14-19(13-8-16-6-4-3-5-7-16)26-20(23)17-9-11-18(12-10-17)22(24)25/h3-7,9-12,19H,8,13-15H2,1-2H3/t19-/m0/s1. The van der Waals surface area contributed by atoms with Crippen molar-refractivity contribution in [3.05, 3.63) is 75.8 Å². The Hall–Kier alpha value is -2.73. The molecule has 0 saturated heterocycles. The number of nitrogens with zero attached hydrogens (tertiary/aromatic N) is 2. The summed E-state index contributed by atoms with van der Waals surface area (Å²) in [5.41, 5.74) is 1.48. The zero-order valence-electron chi connectivity index (χ0n) is 15.1. The van der Waals surface area contributed by atoms with Crippen LogP contribution in [0.1, 0.15) is 28.8 Å². The van der Waals surface area contributed by atoms with Crippen molar-refractivity contribution >= 4 is 11.7 Å². The van der Waals surface area contributed by atoms with E-state index in [2.05, 4.69) is 17.0 Å². The summed E-state index contributed by atoms with van der Waals surface area (Å²) in [6.07, 6.45) is 2.09. The van der Waals surface area contributed by atoms with Gasteiger partial charge in [-0.3, -0.25) is 10.1 Å². The Morgan fingerprint density at radius 1 is 1.08 bits per heavy atom. The number of hydrogen-bond donors (Lipinski definition) is 0. The quantitative estimate of drug-likeness (QED) is 0.389. The van der Waals surface area contributed by atoms with Crippen LogP contribution in [0.5, 0.6) is 0 Å². The van der Waals surface area contributed by atoms with Gasteiger partial charge in [-0.2, -0.15) is 0 Å². The molecule has 0 bridgehead atoms. The number of nitro groups is 1. The van der Waals surface area contributed by atoms with Gasteiger partial charge in [-0.25, -0.2) is 4.79 Å². The molecule has 2 aromatic rings. The molecule has 0 amide bonds. The minimum Gasteiger partial charge on any atom is -0.459 e. The monoisotopic (exact) mass is 356 g/mol. The molecule has 0 saturated carbocycles. The molecule has 0 spiro atoms. The molecule has 2 rings (SSSR count). The van der Waals surface area contributed by atoms with Crippen LogP contribution >= 0.6 is 0 Å². The number of ether oxygens (including phenoxy) is 1. The predicted octanol–water partition coefficient (Wildman–Crippen LogP) is 3.70. The first-order valence-electron chi connectivity index (χ1n) is 8.60. The van der Waals surface area contributed by atoms with E-state index in [0.29, 0.717) is 5.56 Å². The summed E-state index contributed by atoms with van der Waals surface area (Å²) in [7, 11) is 3.96. The molecule has 0 aliphatic rings. The normalized spacial score (nSPS) is 12.0. The Morgan fingerprint density at radius 2 is 1.73 bits per heavy atom. The molecule has 0 radical (unpaired) electrons. The van der Waals surface area contributed by atoms with E-state index in [1.807, 2.05) is 32.3 Å². The topological polar surface area (TPSA) is 72.7 Å². The zero-order chi connectivity index (χ0) is 18.9. The van der Waals surface area contributed by atoms with E-state index in [0.717, 1.165) is 25.8 Å². The third kappa shape index (κ3) is 6.29. The van der Waals surface area contributed by atoms with Gasteiger partial charge in [0, 0.05) is 18.7 Å². The molecule has 0 fully saturated rings. The third-order valence-corrected chi connectivity index (χ3v) is 4.08. The van der Waals surface area contributed by atoms with Crippen LogP contribution in [0, 0.1) is 10.1 Å². The molecular weight excluding hydrogens is 332 g/mol. The second kappa shape index (κ2) is 9.68. The summed E-state index contributed by atoms with van der Waals surface area (Å²) < 4.78 is 5.67. The number of rotatable bonds is 9.